The smallest absolute Gasteiger partial charge is 0.404 e. The van der Waals surface area contributed by atoms with E-state index in [2.05, 4.69) is 6.58 Å². The zero-order chi connectivity index (χ0) is 29.7. The van der Waals surface area contributed by atoms with Crippen LogP contribution < -0.4 is 5.73 Å². The fourth-order valence-electron chi connectivity index (χ4n) is 4.79. The highest BCUT2D eigenvalue weighted by Gasteiger charge is 2.33. The van der Waals surface area contributed by atoms with Crippen LogP contribution in [0.3, 0.4) is 0 Å². The Hall–Kier alpha value is -2.68. The summed E-state index contributed by atoms with van der Waals surface area (Å²) >= 11 is 0. The number of aliphatic hydroxyl groups is 3. The van der Waals surface area contributed by atoms with E-state index in [-0.39, 0.29) is 41.6 Å². The number of carbonyl (C=O) groups is 2. The zero-order valence-electron chi connectivity index (χ0n) is 24.2. The van der Waals surface area contributed by atoms with E-state index in [1.807, 2.05) is 59.8 Å². The Labute approximate surface area is 234 Å². The predicted molar refractivity (Wildman–Crippen MR) is 153 cm³/mol. The van der Waals surface area contributed by atoms with Gasteiger partial charge in [0, 0.05) is 42.1 Å². The number of amides is 1. The van der Waals surface area contributed by atoms with E-state index in [1.54, 1.807) is 30.4 Å². The second kappa shape index (κ2) is 17.1. The summed E-state index contributed by atoms with van der Waals surface area (Å²) in [7, 11) is 0. The van der Waals surface area contributed by atoms with Gasteiger partial charge >= 0.3 is 12.1 Å². The Kier molecular flexibility index (Phi) is 15.1. The lowest BCUT2D eigenvalue weighted by atomic mass is 9.82. The van der Waals surface area contributed by atoms with E-state index in [4.69, 9.17) is 15.2 Å². The molecule has 0 bridgehead atoms. The molecule has 11 atom stereocenters. The van der Waals surface area contributed by atoms with Crippen LogP contribution in [0.2, 0.25) is 0 Å². The van der Waals surface area contributed by atoms with Crippen molar-refractivity contribution >= 4 is 12.1 Å². The minimum atomic E-state index is -0.881. The van der Waals surface area contributed by atoms with E-state index in [1.165, 1.54) is 6.08 Å². The molecule has 1 heterocycles. The third-order valence-corrected chi connectivity index (χ3v) is 7.49. The quantitative estimate of drug-likeness (QED) is 0.127. The zero-order valence-corrected chi connectivity index (χ0v) is 24.2. The molecule has 0 saturated carbocycles. The molecule has 0 saturated heterocycles. The van der Waals surface area contributed by atoms with Crippen LogP contribution >= 0.6 is 0 Å². The van der Waals surface area contributed by atoms with E-state index >= 15 is 0 Å². The first kappa shape index (κ1) is 34.3. The fourth-order valence-corrected chi connectivity index (χ4v) is 4.79. The number of hydrogen-bond donors (Lipinski definition) is 4. The van der Waals surface area contributed by atoms with Gasteiger partial charge in [0.15, 0.2) is 0 Å². The van der Waals surface area contributed by atoms with Gasteiger partial charge in [-0.1, -0.05) is 96.7 Å². The van der Waals surface area contributed by atoms with Crippen molar-refractivity contribution in [2.75, 3.05) is 0 Å². The number of allylic oxidation sites excluding steroid dienone is 3. The molecular formula is C31H49NO7. The van der Waals surface area contributed by atoms with Crippen molar-refractivity contribution in [1.29, 1.82) is 0 Å². The van der Waals surface area contributed by atoms with Gasteiger partial charge in [0.1, 0.15) is 12.2 Å². The molecule has 0 aliphatic carbocycles. The predicted octanol–water partition coefficient (Wildman–Crippen LogP) is 4.47. The summed E-state index contributed by atoms with van der Waals surface area (Å²) < 4.78 is 10.6. The maximum atomic E-state index is 11.5. The molecule has 1 aliphatic heterocycles. The molecule has 0 spiro atoms. The number of primary amides is 1. The number of hydrogen-bond acceptors (Lipinski definition) is 7. The van der Waals surface area contributed by atoms with Gasteiger partial charge < -0.3 is 30.5 Å². The summed E-state index contributed by atoms with van der Waals surface area (Å²) in [6, 6.07) is 0. The molecule has 8 heteroatoms. The summed E-state index contributed by atoms with van der Waals surface area (Å²) in [5.74, 6) is -1.40. The van der Waals surface area contributed by atoms with Crippen LogP contribution in [0.1, 0.15) is 54.4 Å². The first-order chi connectivity index (χ1) is 18.3. The van der Waals surface area contributed by atoms with Gasteiger partial charge in [-0.2, -0.15) is 0 Å². The summed E-state index contributed by atoms with van der Waals surface area (Å²) in [5, 5.41) is 32.1. The van der Waals surface area contributed by atoms with E-state index < -0.39 is 36.5 Å². The molecule has 0 radical (unpaired) electrons. The Morgan fingerprint density at radius 1 is 1.05 bits per heavy atom. The van der Waals surface area contributed by atoms with E-state index in [0.29, 0.717) is 12.8 Å². The fraction of sp³-hybridized carbons (Fsp3) is 0.613. The van der Waals surface area contributed by atoms with Gasteiger partial charge in [-0.3, -0.25) is 0 Å². The number of rotatable bonds is 16. The van der Waals surface area contributed by atoms with Crippen molar-refractivity contribution in [2.45, 2.75) is 84.9 Å². The molecule has 5 N–H and O–H groups in total. The standard InChI is InChI=1S/C31H49NO7/c1-8-9-11-23(6)30(39-31(32)37)24(7)29(36)21(4)13-10-12-20(3)28(35)22(5)14-16-25(33)18-26-19(2)15-17-27(34)38-26/h8-12,14-17,19-26,28-30,33,35-36H,1,13,18H2,2-7H3,(H2,32,37)/b11-9-,12-10-,16-14-/t19-,20+,21+,22+,23+,24+,25-,26+,28-,29-,30+/m1/s1. The number of cyclic esters (lactones) is 1. The molecule has 1 aliphatic rings. The van der Waals surface area contributed by atoms with Crippen molar-refractivity contribution in [3.8, 4) is 0 Å². The van der Waals surface area contributed by atoms with Crippen molar-refractivity contribution < 1.29 is 34.4 Å². The monoisotopic (exact) mass is 547 g/mol. The SMILES string of the molecule is C=C/C=C\[C@H](C)[C@H](OC(N)=O)[C@@H](C)[C@H](O)[C@@H](C)C/C=C\[C@H](C)[C@@H](O)[C@@H](C)/C=C\[C@@H](O)C[C@@H]1OC(=O)C=C[C@H]1C. The maximum Gasteiger partial charge on any atom is 0.404 e. The van der Waals surface area contributed by atoms with Crippen LogP contribution in [-0.4, -0.2) is 57.9 Å². The number of aliphatic hydroxyl groups excluding tert-OH is 3. The normalized spacial score (nSPS) is 25.0. The van der Waals surface area contributed by atoms with Crippen LogP contribution in [0.4, 0.5) is 4.79 Å². The molecule has 0 aromatic heterocycles. The average molecular weight is 548 g/mol. The number of nitrogens with two attached hydrogens (primary N) is 1. The van der Waals surface area contributed by atoms with Crippen molar-refractivity contribution in [3.63, 3.8) is 0 Å². The van der Waals surface area contributed by atoms with Gasteiger partial charge in [0.2, 0.25) is 0 Å². The largest absolute Gasteiger partial charge is 0.458 e. The molecule has 1 rings (SSSR count). The van der Waals surface area contributed by atoms with Crippen molar-refractivity contribution in [2.24, 2.45) is 41.2 Å². The van der Waals surface area contributed by atoms with Gasteiger partial charge in [0.25, 0.3) is 0 Å². The van der Waals surface area contributed by atoms with Crippen molar-refractivity contribution in [3.05, 3.63) is 61.3 Å². The molecule has 220 valence electrons. The Morgan fingerprint density at radius 2 is 1.69 bits per heavy atom. The van der Waals surface area contributed by atoms with Gasteiger partial charge in [-0.15, -0.1) is 0 Å². The average Bonchev–Trinajstić information content (AvgIpc) is 2.89. The lowest BCUT2D eigenvalue weighted by Crippen LogP contribution is -2.41. The number of carbonyl (C=O) groups excluding carboxylic acids is 2. The molecule has 8 nitrogen and oxygen atoms in total. The van der Waals surface area contributed by atoms with Crippen LogP contribution in [0.5, 0.6) is 0 Å². The third kappa shape index (κ3) is 11.9. The van der Waals surface area contributed by atoms with Crippen LogP contribution in [-0.2, 0) is 14.3 Å². The number of ether oxygens (including phenoxy) is 2. The molecule has 0 aromatic carbocycles. The van der Waals surface area contributed by atoms with Gasteiger partial charge in [-0.05, 0) is 12.3 Å². The highest BCUT2D eigenvalue weighted by Crippen LogP contribution is 2.27. The molecule has 39 heavy (non-hydrogen) atoms. The lowest BCUT2D eigenvalue weighted by molar-refractivity contribution is -0.147. The second-order valence-corrected chi connectivity index (χ2v) is 11.0. The summed E-state index contributed by atoms with van der Waals surface area (Å²) in [6.07, 6.45) is 12.5. The highest BCUT2D eigenvalue weighted by atomic mass is 16.6. The molecule has 0 unspecified atom stereocenters. The summed E-state index contributed by atoms with van der Waals surface area (Å²) in [4.78, 5) is 22.9. The number of esters is 1. The minimum Gasteiger partial charge on any atom is -0.458 e. The van der Waals surface area contributed by atoms with Crippen molar-refractivity contribution in [1.82, 2.24) is 0 Å². The topological polar surface area (TPSA) is 139 Å². The van der Waals surface area contributed by atoms with Crippen LogP contribution in [0.25, 0.3) is 0 Å². The Bertz CT molecular complexity index is 895. The summed E-state index contributed by atoms with van der Waals surface area (Å²) in [5.41, 5.74) is 5.27. The van der Waals surface area contributed by atoms with Gasteiger partial charge in [-0.25, -0.2) is 9.59 Å². The van der Waals surface area contributed by atoms with E-state index in [0.717, 1.165) is 0 Å². The minimum absolute atomic E-state index is 0.0295. The maximum absolute atomic E-state index is 11.5. The Balaban J connectivity index is 2.65. The van der Waals surface area contributed by atoms with Gasteiger partial charge in [0.05, 0.1) is 18.3 Å². The first-order valence-corrected chi connectivity index (χ1v) is 13.8. The summed E-state index contributed by atoms with van der Waals surface area (Å²) in [6.45, 7) is 15.0. The molecule has 1 amide bonds. The van der Waals surface area contributed by atoms with Crippen LogP contribution in [0, 0.1) is 35.5 Å². The van der Waals surface area contributed by atoms with Crippen LogP contribution in [0.15, 0.2) is 61.3 Å². The molecule has 0 fully saturated rings. The molecule has 0 aromatic rings. The van der Waals surface area contributed by atoms with E-state index in [9.17, 15) is 24.9 Å². The highest BCUT2D eigenvalue weighted by molar-refractivity contribution is 5.82. The first-order valence-electron chi connectivity index (χ1n) is 13.8. The molecular weight excluding hydrogens is 498 g/mol. The second-order valence-electron chi connectivity index (χ2n) is 11.0. The lowest BCUT2D eigenvalue weighted by Gasteiger charge is -2.33. The Morgan fingerprint density at radius 3 is 2.31 bits per heavy atom. The third-order valence-electron chi connectivity index (χ3n) is 7.49.